The number of hydrogen-bond acceptors (Lipinski definition) is 4. The Morgan fingerprint density at radius 2 is 1.82 bits per heavy atom. The molecule has 3 rings (SSSR count). The van der Waals surface area contributed by atoms with Crippen molar-refractivity contribution in [3.05, 3.63) is 18.2 Å². The minimum absolute atomic E-state index is 0.0319. The molecule has 0 bridgehead atoms. The molecule has 158 valence electrons. The molecule has 0 aromatic carbocycles. The van der Waals surface area contributed by atoms with Crippen LogP contribution in [0.1, 0.15) is 66.0 Å². The lowest BCUT2D eigenvalue weighted by Crippen LogP contribution is -2.48. The molecule has 2 unspecified atom stereocenters. The molecule has 0 saturated carbocycles. The van der Waals surface area contributed by atoms with Gasteiger partial charge >= 0.3 is 0 Å². The highest BCUT2D eigenvalue weighted by Crippen LogP contribution is 2.33. The number of hydrogen-bond donors (Lipinski definition) is 0. The van der Waals surface area contributed by atoms with Crippen LogP contribution in [0.3, 0.4) is 0 Å². The summed E-state index contributed by atoms with van der Waals surface area (Å²) < 4.78 is 2.37. The molecule has 0 radical (unpaired) electrons. The van der Waals surface area contributed by atoms with Crippen molar-refractivity contribution < 1.29 is 4.79 Å². The second-order valence-corrected chi connectivity index (χ2v) is 10.4. The van der Waals surface area contributed by atoms with Gasteiger partial charge in [0.15, 0.2) is 0 Å². The van der Waals surface area contributed by atoms with E-state index in [4.69, 9.17) is 0 Å². The number of likely N-dealkylation sites (N-methyl/N-ethyl adjacent to an activating group) is 1. The lowest BCUT2D eigenvalue weighted by Gasteiger charge is -2.37. The van der Waals surface area contributed by atoms with Crippen LogP contribution in [0.25, 0.3) is 0 Å². The van der Waals surface area contributed by atoms with Crippen LogP contribution < -0.4 is 0 Å². The fraction of sp³-hybridized carbons (Fsp3) is 0.818. The largest absolute Gasteiger partial charge is 0.342 e. The highest BCUT2D eigenvalue weighted by atomic mass is 16.2. The zero-order chi connectivity index (χ0) is 20.7. The van der Waals surface area contributed by atoms with E-state index in [0.717, 1.165) is 39.1 Å². The third-order valence-electron chi connectivity index (χ3n) is 6.92. The van der Waals surface area contributed by atoms with Gasteiger partial charge in [0.2, 0.25) is 5.91 Å². The highest BCUT2D eigenvalue weighted by molar-refractivity contribution is 5.73. The lowest BCUT2D eigenvalue weighted by molar-refractivity contribution is -0.129. The summed E-state index contributed by atoms with van der Waals surface area (Å²) in [7, 11) is 1.93. The van der Waals surface area contributed by atoms with E-state index in [1.807, 2.05) is 18.3 Å². The molecule has 2 aliphatic heterocycles. The molecule has 2 aliphatic rings. The van der Waals surface area contributed by atoms with E-state index in [1.54, 1.807) is 6.92 Å². The number of rotatable bonds is 5. The fourth-order valence-corrected chi connectivity index (χ4v) is 4.80. The monoisotopic (exact) mass is 389 g/mol. The minimum Gasteiger partial charge on any atom is -0.342 e. The SMILES string of the molecule is CC(=O)N(C)C1CCN(C(C)(C)Cn2cncc2C2CCN(C(C)(C)C)C2)C1. The summed E-state index contributed by atoms with van der Waals surface area (Å²) in [6.07, 6.45) is 6.34. The number of carbonyl (C=O) groups excluding carboxylic acids is 1. The highest BCUT2D eigenvalue weighted by Gasteiger charge is 2.37. The van der Waals surface area contributed by atoms with Crippen LogP contribution >= 0.6 is 0 Å². The van der Waals surface area contributed by atoms with E-state index < -0.39 is 0 Å². The number of aromatic nitrogens is 2. The topological polar surface area (TPSA) is 44.6 Å². The van der Waals surface area contributed by atoms with Gasteiger partial charge in [-0.25, -0.2) is 4.98 Å². The van der Waals surface area contributed by atoms with E-state index >= 15 is 0 Å². The molecule has 1 aromatic rings. The van der Waals surface area contributed by atoms with E-state index in [2.05, 4.69) is 60.2 Å². The maximum Gasteiger partial charge on any atom is 0.219 e. The molecule has 1 aromatic heterocycles. The fourth-order valence-electron chi connectivity index (χ4n) is 4.80. The molecule has 3 heterocycles. The van der Waals surface area contributed by atoms with E-state index in [1.165, 1.54) is 12.1 Å². The quantitative estimate of drug-likeness (QED) is 0.777. The number of amides is 1. The molecule has 28 heavy (non-hydrogen) atoms. The van der Waals surface area contributed by atoms with Crippen molar-refractivity contribution in [2.24, 2.45) is 0 Å². The van der Waals surface area contributed by atoms with Gasteiger partial charge in [0.1, 0.15) is 0 Å². The van der Waals surface area contributed by atoms with Crippen LogP contribution in [0.5, 0.6) is 0 Å². The summed E-state index contributed by atoms with van der Waals surface area (Å²) in [5, 5.41) is 0. The lowest BCUT2D eigenvalue weighted by atomic mass is 10.0. The van der Waals surface area contributed by atoms with Gasteiger partial charge in [-0.3, -0.25) is 14.6 Å². The van der Waals surface area contributed by atoms with E-state index in [0.29, 0.717) is 12.0 Å². The molecular formula is C22H39N5O. The molecule has 6 heteroatoms. The van der Waals surface area contributed by atoms with Gasteiger partial charge in [0, 0.05) is 75.1 Å². The summed E-state index contributed by atoms with van der Waals surface area (Å²) in [6.45, 7) is 18.4. The standard InChI is InChI=1S/C22H39N5O/c1-17(28)24(7)19-9-11-27(14-19)22(5,6)15-25-16-23-12-20(25)18-8-10-26(13-18)21(2,3)4/h12,16,18-19H,8-11,13-15H2,1-7H3. The minimum atomic E-state index is 0.0319. The number of likely N-dealkylation sites (tertiary alicyclic amines) is 2. The van der Waals surface area contributed by atoms with Crippen LogP contribution in [0, 0.1) is 0 Å². The Balaban J connectivity index is 1.66. The molecule has 1 amide bonds. The molecule has 0 spiro atoms. The Morgan fingerprint density at radius 1 is 1.14 bits per heavy atom. The molecular weight excluding hydrogens is 350 g/mol. The molecule has 6 nitrogen and oxygen atoms in total. The Labute approximate surface area is 170 Å². The maximum absolute atomic E-state index is 11.7. The van der Waals surface area contributed by atoms with Crippen LogP contribution in [0.2, 0.25) is 0 Å². The van der Waals surface area contributed by atoms with Gasteiger partial charge in [0.25, 0.3) is 0 Å². The Morgan fingerprint density at radius 3 is 2.43 bits per heavy atom. The smallest absolute Gasteiger partial charge is 0.219 e. The van der Waals surface area contributed by atoms with Crippen molar-refractivity contribution in [3.63, 3.8) is 0 Å². The van der Waals surface area contributed by atoms with Crippen LogP contribution in [-0.4, -0.2) is 80.5 Å². The second-order valence-electron chi connectivity index (χ2n) is 10.4. The molecule has 0 aliphatic carbocycles. The zero-order valence-electron chi connectivity index (χ0n) is 18.9. The van der Waals surface area contributed by atoms with Crippen molar-refractivity contribution in [1.82, 2.24) is 24.3 Å². The Kier molecular flexibility index (Phi) is 5.93. The molecule has 0 N–H and O–H groups in total. The summed E-state index contributed by atoms with van der Waals surface area (Å²) in [5.41, 5.74) is 1.63. The number of nitrogens with zero attached hydrogens (tertiary/aromatic N) is 5. The van der Waals surface area contributed by atoms with Gasteiger partial charge in [-0.15, -0.1) is 0 Å². The summed E-state index contributed by atoms with van der Waals surface area (Å²) in [5.74, 6) is 0.721. The van der Waals surface area contributed by atoms with Crippen molar-refractivity contribution in [2.45, 2.75) is 84.0 Å². The predicted molar refractivity (Wildman–Crippen MR) is 113 cm³/mol. The maximum atomic E-state index is 11.7. The Bertz CT molecular complexity index is 689. The first-order chi connectivity index (χ1) is 13.0. The normalized spacial score (nSPS) is 24.8. The first-order valence-electron chi connectivity index (χ1n) is 10.7. The number of carbonyl (C=O) groups is 1. The van der Waals surface area contributed by atoms with Gasteiger partial charge in [-0.05, 0) is 54.0 Å². The molecule has 2 fully saturated rings. The summed E-state index contributed by atoms with van der Waals surface area (Å²) in [6, 6.07) is 0.328. The first kappa shape index (κ1) is 21.3. The van der Waals surface area contributed by atoms with Crippen LogP contribution in [0.4, 0.5) is 0 Å². The van der Waals surface area contributed by atoms with Crippen LogP contribution in [-0.2, 0) is 11.3 Å². The summed E-state index contributed by atoms with van der Waals surface area (Å²) in [4.78, 5) is 23.3. The predicted octanol–water partition coefficient (Wildman–Crippen LogP) is 2.80. The zero-order valence-corrected chi connectivity index (χ0v) is 18.9. The summed E-state index contributed by atoms with van der Waals surface area (Å²) >= 11 is 0. The number of imidazole rings is 1. The van der Waals surface area contributed by atoms with E-state index in [9.17, 15) is 4.79 Å². The van der Waals surface area contributed by atoms with Gasteiger partial charge in [-0.2, -0.15) is 0 Å². The van der Waals surface area contributed by atoms with Crippen LogP contribution in [0.15, 0.2) is 12.5 Å². The van der Waals surface area contributed by atoms with Gasteiger partial charge < -0.3 is 9.47 Å². The average Bonchev–Trinajstić information content (AvgIpc) is 3.32. The van der Waals surface area contributed by atoms with Gasteiger partial charge in [-0.1, -0.05) is 0 Å². The second kappa shape index (κ2) is 7.79. The third kappa shape index (κ3) is 4.43. The molecule has 2 atom stereocenters. The van der Waals surface area contributed by atoms with Crippen molar-refractivity contribution in [3.8, 4) is 0 Å². The van der Waals surface area contributed by atoms with E-state index in [-0.39, 0.29) is 17.0 Å². The molecule has 2 saturated heterocycles. The first-order valence-corrected chi connectivity index (χ1v) is 10.7. The Hall–Kier alpha value is -1.40. The average molecular weight is 390 g/mol. The van der Waals surface area contributed by atoms with Crippen molar-refractivity contribution in [1.29, 1.82) is 0 Å². The van der Waals surface area contributed by atoms with Gasteiger partial charge in [0.05, 0.1) is 6.33 Å². The van der Waals surface area contributed by atoms with Crippen molar-refractivity contribution in [2.75, 3.05) is 33.2 Å². The third-order valence-corrected chi connectivity index (χ3v) is 6.92. The van der Waals surface area contributed by atoms with Crippen molar-refractivity contribution >= 4 is 5.91 Å².